The molecule has 2 bridgehead atoms. The van der Waals surface area contributed by atoms with Gasteiger partial charge >= 0.3 is 5.97 Å². The summed E-state index contributed by atoms with van der Waals surface area (Å²) in [6.45, 7) is 0. The van der Waals surface area contributed by atoms with Crippen LogP contribution in [0, 0.1) is 11.8 Å². The van der Waals surface area contributed by atoms with Crippen molar-refractivity contribution in [2.75, 3.05) is 4.90 Å². The third-order valence-electron chi connectivity index (χ3n) is 7.04. The highest BCUT2D eigenvalue weighted by atomic mass is 79.9. The van der Waals surface area contributed by atoms with Crippen molar-refractivity contribution >= 4 is 39.4 Å². The van der Waals surface area contributed by atoms with E-state index < -0.39 is 29.1 Å². The first-order valence-corrected chi connectivity index (χ1v) is 10.8. The Morgan fingerprint density at radius 2 is 1.39 bits per heavy atom. The molecule has 5 nitrogen and oxygen atoms in total. The number of carbonyl (C=O) groups excluding carboxylic acids is 2. The molecule has 4 aliphatic rings. The van der Waals surface area contributed by atoms with Gasteiger partial charge in [0.15, 0.2) is 0 Å². The van der Waals surface area contributed by atoms with Crippen molar-refractivity contribution in [3.63, 3.8) is 0 Å². The Morgan fingerprint density at radius 1 is 0.839 bits per heavy atom. The standard InChI is InChI=1S/C25H16BrNO4/c26-13-9-11-14(12-10-13)27-22(28)20-19-15-5-1-3-7-17(15)25(24(30)31,21(20)23(27)29)18-8-4-2-6-16(18)19/h1-12,19-21H,(H,30,31). The van der Waals surface area contributed by atoms with E-state index in [4.69, 9.17) is 0 Å². The van der Waals surface area contributed by atoms with E-state index in [1.807, 2.05) is 24.3 Å². The molecule has 2 unspecified atom stereocenters. The molecule has 7 rings (SSSR count). The second-order valence-corrected chi connectivity index (χ2v) is 9.17. The van der Waals surface area contributed by atoms with Gasteiger partial charge < -0.3 is 5.11 Å². The predicted octanol–water partition coefficient (Wildman–Crippen LogP) is 4.08. The van der Waals surface area contributed by atoms with Gasteiger partial charge in [0, 0.05) is 10.4 Å². The number of hydrogen-bond acceptors (Lipinski definition) is 3. The van der Waals surface area contributed by atoms with Gasteiger partial charge in [0.1, 0.15) is 5.41 Å². The maximum Gasteiger partial charge on any atom is 0.319 e. The van der Waals surface area contributed by atoms with Crippen LogP contribution >= 0.6 is 15.9 Å². The van der Waals surface area contributed by atoms with Gasteiger partial charge in [-0.15, -0.1) is 0 Å². The lowest BCUT2D eigenvalue weighted by molar-refractivity contribution is -0.149. The van der Waals surface area contributed by atoms with Crippen LogP contribution in [0.4, 0.5) is 5.69 Å². The molecule has 3 aromatic carbocycles. The molecule has 0 aromatic heterocycles. The number of aliphatic carboxylic acids is 1. The van der Waals surface area contributed by atoms with Crippen molar-refractivity contribution in [1.29, 1.82) is 0 Å². The average molecular weight is 474 g/mol. The van der Waals surface area contributed by atoms with Crippen molar-refractivity contribution in [3.05, 3.63) is 99.5 Å². The van der Waals surface area contributed by atoms with Gasteiger partial charge in [-0.3, -0.25) is 14.4 Å². The molecule has 1 heterocycles. The second kappa shape index (κ2) is 6.14. The van der Waals surface area contributed by atoms with Crippen molar-refractivity contribution in [2.24, 2.45) is 11.8 Å². The highest BCUT2D eigenvalue weighted by Crippen LogP contribution is 2.64. The topological polar surface area (TPSA) is 74.7 Å². The molecule has 2 atom stereocenters. The zero-order chi connectivity index (χ0) is 21.5. The first kappa shape index (κ1) is 18.5. The van der Waals surface area contributed by atoms with Crippen LogP contribution in [0.15, 0.2) is 77.3 Å². The third-order valence-corrected chi connectivity index (χ3v) is 7.57. The van der Waals surface area contributed by atoms with Crippen LogP contribution in [0.3, 0.4) is 0 Å². The Balaban J connectivity index is 1.67. The molecule has 152 valence electrons. The van der Waals surface area contributed by atoms with E-state index in [9.17, 15) is 19.5 Å². The van der Waals surface area contributed by atoms with Crippen LogP contribution in [-0.4, -0.2) is 22.9 Å². The smallest absolute Gasteiger partial charge is 0.319 e. The van der Waals surface area contributed by atoms with Gasteiger partial charge in [0.25, 0.3) is 0 Å². The largest absolute Gasteiger partial charge is 0.480 e. The molecule has 6 heteroatoms. The Bertz CT molecular complexity index is 1250. The Morgan fingerprint density at radius 3 is 1.94 bits per heavy atom. The van der Waals surface area contributed by atoms with Crippen LogP contribution in [0.1, 0.15) is 28.2 Å². The minimum absolute atomic E-state index is 0.336. The lowest BCUT2D eigenvalue weighted by atomic mass is 9.47. The molecule has 2 amide bonds. The molecule has 3 aromatic rings. The van der Waals surface area contributed by atoms with Crippen LogP contribution in [0.2, 0.25) is 0 Å². The molecule has 3 aliphatic carbocycles. The highest BCUT2D eigenvalue weighted by Gasteiger charge is 2.71. The summed E-state index contributed by atoms with van der Waals surface area (Å²) in [6.07, 6.45) is 0. The van der Waals surface area contributed by atoms with E-state index >= 15 is 0 Å². The molecular weight excluding hydrogens is 458 g/mol. The van der Waals surface area contributed by atoms with Crippen LogP contribution < -0.4 is 4.90 Å². The molecule has 31 heavy (non-hydrogen) atoms. The third kappa shape index (κ3) is 2.08. The number of anilines is 1. The fourth-order valence-electron chi connectivity index (χ4n) is 5.98. The predicted molar refractivity (Wildman–Crippen MR) is 117 cm³/mol. The summed E-state index contributed by atoms with van der Waals surface area (Å²) < 4.78 is 0.828. The summed E-state index contributed by atoms with van der Waals surface area (Å²) in [5.41, 5.74) is 1.74. The molecule has 1 N–H and O–H groups in total. The number of imide groups is 1. The first-order chi connectivity index (χ1) is 15.0. The summed E-state index contributed by atoms with van der Waals surface area (Å²) in [7, 11) is 0. The van der Waals surface area contributed by atoms with Gasteiger partial charge in [0.05, 0.1) is 17.5 Å². The van der Waals surface area contributed by atoms with Gasteiger partial charge in [0.2, 0.25) is 11.8 Å². The van der Waals surface area contributed by atoms with Crippen molar-refractivity contribution in [3.8, 4) is 0 Å². The normalized spacial score (nSPS) is 27.6. The monoisotopic (exact) mass is 473 g/mol. The first-order valence-electron chi connectivity index (χ1n) is 10.0. The second-order valence-electron chi connectivity index (χ2n) is 8.26. The maximum absolute atomic E-state index is 13.8. The van der Waals surface area contributed by atoms with Gasteiger partial charge in [-0.1, -0.05) is 64.5 Å². The minimum atomic E-state index is -1.59. The fourth-order valence-corrected chi connectivity index (χ4v) is 6.24. The average Bonchev–Trinajstić information content (AvgIpc) is 3.05. The fraction of sp³-hybridized carbons (Fsp3) is 0.160. The van der Waals surface area contributed by atoms with Crippen molar-refractivity contribution in [2.45, 2.75) is 11.3 Å². The minimum Gasteiger partial charge on any atom is -0.480 e. The Labute approximate surface area is 186 Å². The van der Waals surface area contributed by atoms with Crippen LogP contribution in [0.25, 0.3) is 0 Å². The number of carboxylic acid groups (broad SMARTS) is 1. The summed E-state index contributed by atoms with van der Waals surface area (Å²) in [6, 6.07) is 21.6. The van der Waals surface area contributed by atoms with Gasteiger partial charge in [-0.25, -0.2) is 4.90 Å². The summed E-state index contributed by atoms with van der Waals surface area (Å²) >= 11 is 3.37. The number of halogens is 1. The lowest BCUT2D eigenvalue weighted by Gasteiger charge is -2.51. The highest BCUT2D eigenvalue weighted by molar-refractivity contribution is 9.10. The number of nitrogens with zero attached hydrogens (tertiary/aromatic N) is 1. The molecule has 1 fully saturated rings. The van der Waals surface area contributed by atoms with Crippen molar-refractivity contribution < 1.29 is 19.5 Å². The summed E-state index contributed by atoms with van der Waals surface area (Å²) in [5, 5.41) is 10.7. The van der Waals surface area contributed by atoms with E-state index in [1.165, 1.54) is 4.90 Å². The SMILES string of the molecule is O=C1C2C3c4ccccc4C(C(=O)O)(c4ccccc43)C2C(=O)N1c1ccc(Br)cc1. The molecule has 0 spiro atoms. The molecule has 1 saturated heterocycles. The number of hydrogen-bond donors (Lipinski definition) is 1. The van der Waals surface area contributed by atoms with Crippen molar-refractivity contribution in [1.82, 2.24) is 0 Å². The van der Waals surface area contributed by atoms with E-state index in [0.717, 1.165) is 15.6 Å². The quantitative estimate of drug-likeness (QED) is 0.568. The summed E-state index contributed by atoms with van der Waals surface area (Å²) in [5.74, 6) is -3.98. The maximum atomic E-state index is 13.8. The summed E-state index contributed by atoms with van der Waals surface area (Å²) in [4.78, 5) is 41.7. The zero-order valence-electron chi connectivity index (χ0n) is 16.2. The molecule has 0 saturated carbocycles. The molecular formula is C25H16BrNO4. The van der Waals surface area contributed by atoms with E-state index in [2.05, 4.69) is 15.9 Å². The van der Waals surface area contributed by atoms with E-state index in [-0.39, 0.29) is 11.8 Å². The number of carbonyl (C=O) groups is 3. The van der Waals surface area contributed by atoms with E-state index in [0.29, 0.717) is 16.8 Å². The van der Waals surface area contributed by atoms with Gasteiger partial charge in [-0.05, 0) is 46.5 Å². The number of carboxylic acids is 1. The number of benzene rings is 3. The lowest BCUT2D eigenvalue weighted by Crippen LogP contribution is -2.57. The van der Waals surface area contributed by atoms with Gasteiger partial charge in [-0.2, -0.15) is 0 Å². The number of amides is 2. The molecule has 1 aliphatic heterocycles. The van der Waals surface area contributed by atoms with Crippen LogP contribution in [-0.2, 0) is 19.8 Å². The zero-order valence-corrected chi connectivity index (χ0v) is 17.7. The Hall–Kier alpha value is -3.25. The Kier molecular flexibility index (Phi) is 3.67. The molecule has 0 radical (unpaired) electrons. The number of rotatable bonds is 2. The van der Waals surface area contributed by atoms with Crippen LogP contribution in [0.5, 0.6) is 0 Å². The van der Waals surface area contributed by atoms with E-state index in [1.54, 1.807) is 48.5 Å².